The molecule has 1 aromatic rings. The minimum absolute atomic E-state index is 0.259. The number of nitrogens with zero attached hydrogens (tertiary/aromatic N) is 1. The maximum atomic E-state index is 10.5. The Balaban J connectivity index is 1.48. The Kier molecular flexibility index (Phi) is 4.99. The van der Waals surface area contributed by atoms with Crippen LogP contribution in [0.3, 0.4) is 0 Å². The normalized spacial score (nSPS) is 25.8. The third-order valence-electron chi connectivity index (χ3n) is 5.22. The van der Waals surface area contributed by atoms with Crippen molar-refractivity contribution >= 4 is 11.3 Å². The third-order valence-corrected chi connectivity index (χ3v) is 6.16. The lowest BCUT2D eigenvalue weighted by Gasteiger charge is -2.41. The van der Waals surface area contributed by atoms with E-state index in [-0.39, 0.29) is 6.10 Å². The smallest absolute Gasteiger partial charge is 0.0910 e. The molecule has 2 fully saturated rings. The molecule has 0 aromatic carbocycles. The van der Waals surface area contributed by atoms with Crippen LogP contribution in [-0.2, 0) is 4.74 Å². The van der Waals surface area contributed by atoms with Gasteiger partial charge in [0.25, 0.3) is 0 Å². The highest BCUT2D eigenvalue weighted by atomic mass is 32.1. The van der Waals surface area contributed by atoms with Crippen molar-refractivity contribution in [2.75, 3.05) is 32.8 Å². The minimum atomic E-state index is -0.259. The maximum Gasteiger partial charge on any atom is 0.0910 e. The van der Waals surface area contributed by atoms with Gasteiger partial charge in [-0.3, -0.25) is 0 Å². The molecule has 2 aliphatic rings. The van der Waals surface area contributed by atoms with Crippen molar-refractivity contribution in [2.24, 2.45) is 11.3 Å². The topological polar surface area (TPSA) is 32.7 Å². The van der Waals surface area contributed by atoms with Gasteiger partial charge in [0, 0.05) is 24.6 Å². The number of rotatable bonds is 4. The summed E-state index contributed by atoms with van der Waals surface area (Å²) in [6.07, 6.45) is 4.35. The predicted octanol–water partition coefficient (Wildman–Crippen LogP) is 3.31. The lowest BCUT2D eigenvalue weighted by atomic mass is 9.81. The molecule has 2 aliphatic heterocycles. The van der Waals surface area contributed by atoms with Gasteiger partial charge in [-0.2, -0.15) is 0 Å². The zero-order chi connectivity index (χ0) is 14.7. The summed E-state index contributed by atoms with van der Waals surface area (Å²) in [7, 11) is 0. The first-order valence-electron chi connectivity index (χ1n) is 8.18. The summed E-state index contributed by atoms with van der Waals surface area (Å²) in [5, 5.41) is 12.5. The maximum absolute atomic E-state index is 10.5. The van der Waals surface area contributed by atoms with Crippen LogP contribution in [0.25, 0.3) is 0 Å². The lowest BCUT2D eigenvalue weighted by Crippen LogP contribution is -2.43. The van der Waals surface area contributed by atoms with E-state index in [1.165, 1.54) is 19.4 Å². The van der Waals surface area contributed by atoms with Crippen molar-refractivity contribution in [1.29, 1.82) is 0 Å². The second kappa shape index (κ2) is 6.78. The average Bonchev–Trinajstić information content (AvgIpc) is 3.02. The fourth-order valence-corrected chi connectivity index (χ4v) is 4.48. The van der Waals surface area contributed by atoms with E-state index in [9.17, 15) is 5.11 Å². The highest BCUT2D eigenvalue weighted by molar-refractivity contribution is 7.10. The van der Waals surface area contributed by atoms with Gasteiger partial charge in [-0.25, -0.2) is 0 Å². The molecule has 0 aliphatic carbocycles. The summed E-state index contributed by atoms with van der Waals surface area (Å²) in [5.74, 6) is 0.433. The van der Waals surface area contributed by atoms with E-state index in [0.29, 0.717) is 11.3 Å². The quantitative estimate of drug-likeness (QED) is 0.926. The Morgan fingerprint density at radius 2 is 2.10 bits per heavy atom. The molecule has 118 valence electrons. The van der Waals surface area contributed by atoms with Gasteiger partial charge in [-0.1, -0.05) is 13.0 Å². The number of piperidine rings is 1. The molecule has 0 unspecified atom stereocenters. The monoisotopic (exact) mass is 309 g/mol. The van der Waals surface area contributed by atoms with Gasteiger partial charge >= 0.3 is 0 Å². The first-order chi connectivity index (χ1) is 10.2. The Bertz CT molecular complexity index is 420. The Morgan fingerprint density at radius 1 is 1.38 bits per heavy atom. The van der Waals surface area contributed by atoms with Crippen molar-refractivity contribution in [3.05, 3.63) is 22.4 Å². The molecule has 3 rings (SSSR count). The van der Waals surface area contributed by atoms with E-state index >= 15 is 0 Å². The molecule has 0 spiro atoms. The zero-order valence-corrected chi connectivity index (χ0v) is 13.8. The van der Waals surface area contributed by atoms with Crippen molar-refractivity contribution < 1.29 is 9.84 Å². The molecule has 0 amide bonds. The van der Waals surface area contributed by atoms with Crippen LogP contribution in [0.1, 0.15) is 43.6 Å². The van der Waals surface area contributed by atoms with Crippen LogP contribution in [0.5, 0.6) is 0 Å². The molecule has 21 heavy (non-hydrogen) atoms. The van der Waals surface area contributed by atoms with Crippen molar-refractivity contribution in [1.82, 2.24) is 4.90 Å². The highest BCUT2D eigenvalue weighted by Crippen LogP contribution is 2.35. The standard InChI is InChI=1S/C17H27NO2S/c1-17(6-10-20-11-7-17)13-18-8-4-14(5-9-18)16(19)15-3-2-12-21-15/h2-3,12,14,16,19H,4-11,13H2,1H3/t16-/m0/s1. The van der Waals surface area contributed by atoms with Gasteiger partial charge in [-0.05, 0) is 61.6 Å². The van der Waals surface area contributed by atoms with E-state index in [1.54, 1.807) is 11.3 Å². The molecule has 0 radical (unpaired) electrons. The molecule has 0 saturated carbocycles. The second-order valence-electron chi connectivity index (χ2n) is 7.00. The number of likely N-dealkylation sites (tertiary alicyclic amines) is 1. The Hall–Kier alpha value is -0.420. The number of hydrogen-bond acceptors (Lipinski definition) is 4. The highest BCUT2D eigenvalue weighted by Gasteiger charge is 2.32. The van der Waals surface area contributed by atoms with Gasteiger partial charge in [0.2, 0.25) is 0 Å². The molecule has 3 nitrogen and oxygen atoms in total. The van der Waals surface area contributed by atoms with E-state index < -0.39 is 0 Å². The van der Waals surface area contributed by atoms with Crippen LogP contribution in [-0.4, -0.2) is 42.9 Å². The summed E-state index contributed by atoms with van der Waals surface area (Å²) in [6, 6.07) is 4.09. The largest absolute Gasteiger partial charge is 0.387 e. The first kappa shape index (κ1) is 15.5. The minimum Gasteiger partial charge on any atom is -0.387 e. The Morgan fingerprint density at radius 3 is 2.71 bits per heavy atom. The van der Waals surface area contributed by atoms with Gasteiger partial charge in [0.15, 0.2) is 0 Å². The molecule has 1 atom stereocenters. The number of thiophene rings is 1. The van der Waals surface area contributed by atoms with Crippen LogP contribution in [0, 0.1) is 11.3 Å². The van der Waals surface area contributed by atoms with Crippen molar-refractivity contribution in [3.8, 4) is 0 Å². The lowest BCUT2D eigenvalue weighted by molar-refractivity contribution is -0.00768. The van der Waals surface area contributed by atoms with Crippen LogP contribution in [0.15, 0.2) is 17.5 Å². The third kappa shape index (κ3) is 3.86. The van der Waals surface area contributed by atoms with Crippen LogP contribution >= 0.6 is 11.3 Å². The zero-order valence-electron chi connectivity index (χ0n) is 13.0. The predicted molar refractivity (Wildman–Crippen MR) is 86.6 cm³/mol. The van der Waals surface area contributed by atoms with E-state index in [4.69, 9.17) is 4.74 Å². The summed E-state index contributed by atoms with van der Waals surface area (Å²) in [4.78, 5) is 3.73. The number of aliphatic hydroxyl groups is 1. The van der Waals surface area contributed by atoms with Crippen molar-refractivity contribution in [3.63, 3.8) is 0 Å². The van der Waals surface area contributed by atoms with Crippen molar-refractivity contribution in [2.45, 2.75) is 38.7 Å². The molecular formula is C17H27NO2S. The first-order valence-corrected chi connectivity index (χ1v) is 9.06. The van der Waals surface area contributed by atoms with E-state index in [1.807, 2.05) is 6.07 Å². The van der Waals surface area contributed by atoms with E-state index in [2.05, 4.69) is 23.3 Å². The van der Waals surface area contributed by atoms with Gasteiger partial charge < -0.3 is 14.7 Å². The second-order valence-corrected chi connectivity index (χ2v) is 7.98. The molecule has 4 heteroatoms. The van der Waals surface area contributed by atoms with Gasteiger partial charge in [0.1, 0.15) is 0 Å². The average molecular weight is 309 g/mol. The fraction of sp³-hybridized carbons (Fsp3) is 0.765. The number of hydrogen-bond donors (Lipinski definition) is 1. The van der Waals surface area contributed by atoms with E-state index in [0.717, 1.165) is 44.0 Å². The van der Waals surface area contributed by atoms with Gasteiger partial charge in [-0.15, -0.1) is 11.3 Å². The summed E-state index contributed by atoms with van der Waals surface area (Å²) >= 11 is 1.68. The molecule has 1 N–H and O–H groups in total. The number of ether oxygens (including phenoxy) is 1. The number of aliphatic hydroxyl groups excluding tert-OH is 1. The molecule has 0 bridgehead atoms. The fourth-order valence-electron chi connectivity index (χ4n) is 3.68. The molecule has 2 saturated heterocycles. The molecule has 1 aromatic heterocycles. The summed E-state index contributed by atoms with van der Waals surface area (Å²) < 4.78 is 5.49. The van der Waals surface area contributed by atoms with Gasteiger partial charge in [0.05, 0.1) is 6.10 Å². The summed E-state index contributed by atoms with van der Waals surface area (Å²) in [6.45, 7) is 7.70. The van der Waals surface area contributed by atoms with Crippen LogP contribution in [0.2, 0.25) is 0 Å². The SMILES string of the molecule is CC1(CN2CCC([C@H](O)c3cccs3)CC2)CCOCC1. The van der Waals surface area contributed by atoms with Crippen LogP contribution in [0.4, 0.5) is 0 Å². The van der Waals surface area contributed by atoms with Crippen LogP contribution < -0.4 is 0 Å². The summed E-state index contributed by atoms with van der Waals surface area (Å²) in [5.41, 5.74) is 0.428. The Labute approximate surface area is 131 Å². The molecule has 3 heterocycles. The molecular weight excluding hydrogens is 282 g/mol.